The second-order valence-corrected chi connectivity index (χ2v) is 7.21. The van der Waals surface area contributed by atoms with Crippen molar-refractivity contribution in [2.45, 2.75) is 24.4 Å². The predicted octanol–water partition coefficient (Wildman–Crippen LogP) is 4.72. The van der Waals surface area contributed by atoms with Crippen molar-refractivity contribution in [2.75, 3.05) is 0 Å². The third-order valence-electron chi connectivity index (χ3n) is 3.70. The summed E-state index contributed by atoms with van der Waals surface area (Å²) in [6.45, 7) is 2.84. The van der Waals surface area contributed by atoms with Gasteiger partial charge < -0.3 is 9.67 Å². The van der Waals surface area contributed by atoms with E-state index >= 15 is 0 Å². The number of hydrogen-bond acceptors (Lipinski definition) is 4. The Kier molecular flexibility index (Phi) is 5.55. The average molecular weight is 418 g/mol. The Labute approximate surface area is 158 Å². The van der Waals surface area contributed by atoms with E-state index in [4.69, 9.17) is 5.11 Å². The number of aromatic carboxylic acids is 1. The standard InChI is InChI=1S/C18H16BrN3O2S/c1-2-22-16(13-7-9-15(19)10-8-13)20-21-18(22)25-11-12-3-5-14(6-4-12)17(23)24/h3-10H,2,11H2,1H3,(H,23,24). The highest BCUT2D eigenvalue weighted by Crippen LogP contribution is 2.27. The molecule has 1 heterocycles. The zero-order valence-electron chi connectivity index (χ0n) is 13.5. The largest absolute Gasteiger partial charge is 0.478 e. The third-order valence-corrected chi connectivity index (χ3v) is 5.27. The van der Waals surface area contributed by atoms with E-state index in [0.29, 0.717) is 11.3 Å². The van der Waals surface area contributed by atoms with Crippen molar-refractivity contribution < 1.29 is 9.90 Å². The van der Waals surface area contributed by atoms with Gasteiger partial charge in [0.25, 0.3) is 0 Å². The molecule has 0 saturated carbocycles. The Morgan fingerprint density at radius 2 is 1.80 bits per heavy atom. The fourth-order valence-electron chi connectivity index (χ4n) is 2.38. The molecule has 0 aliphatic carbocycles. The summed E-state index contributed by atoms with van der Waals surface area (Å²) in [7, 11) is 0. The Bertz CT molecular complexity index is 876. The molecule has 1 N–H and O–H groups in total. The number of carboxylic acid groups (broad SMARTS) is 1. The Hall–Kier alpha value is -2.12. The molecule has 25 heavy (non-hydrogen) atoms. The Morgan fingerprint density at radius 1 is 1.12 bits per heavy atom. The van der Waals surface area contributed by atoms with E-state index in [2.05, 4.69) is 37.6 Å². The van der Waals surface area contributed by atoms with Crippen LogP contribution in [0.25, 0.3) is 11.4 Å². The highest BCUT2D eigenvalue weighted by Gasteiger charge is 2.13. The molecule has 0 fully saturated rings. The minimum absolute atomic E-state index is 0.294. The summed E-state index contributed by atoms with van der Waals surface area (Å²) in [4.78, 5) is 10.9. The molecule has 1 aromatic heterocycles. The smallest absolute Gasteiger partial charge is 0.335 e. The van der Waals surface area contributed by atoms with Crippen LogP contribution in [0, 0.1) is 0 Å². The van der Waals surface area contributed by atoms with Crippen molar-refractivity contribution >= 4 is 33.7 Å². The molecule has 5 nitrogen and oxygen atoms in total. The molecule has 0 atom stereocenters. The summed E-state index contributed by atoms with van der Waals surface area (Å²) in [5.74, 6) is 0.640. The minimum atomic E-state index is -0.913. The molecule has 0 unspecified atom stereocenters. The van der Waals surface area contributed by atoms with Crippen molar-refractivity contribution in [1.29, 1.82) is 0 Å². The van der Waals surface area contributed by atoms with Gasteiger partial charge in [-0.25, -0.2) is 4.79 Å². The minimum Gasteiger partial charge on any atom is -0.478 e. The first-order valence-electron chi connectivity index (χ1n) is 7.72. The normalized spacial score (nSPS) is 10.8. The van der Waals surface area contributed by atoms with Crippen LogP contribution < -0.4 is 0 Å². The van der Waals surface area contributed by atoms with Gasteiger partial charge in [-0.3, -0.25) is 0 Å². The summed E-state index contributed by atoms with van der Waals surface area (Å²) in [6, 6.07) is 14.9. The zero-order chi connectivity index (χ0) is 17.8. The zero-order valence-corrected chi connectivity index (χ0v) is 15.9. The first-order chi connectivity index (χ1) is 12.1. The van der Waals surface area contributed by atoms with E-state index in [0.717, 1.165) is 33.1 Å². The number of thioether (sulfide) groups is 1. The van der Waals surface area contributed by atoms with Gasteiger partial charge in [0.2, 0.25) is 0 Å². The lowest BCUT2D eigenvalue weighted by molar-refractivity contribution is 0.0697. The van der Waals surface area contributed by atoms with Crippen LogP contribution >= 0.6 is 27.7 Å². The molecule has 3 aromatic rings. The third kappa shape index (κ3) is 4.11. The molecule has 0 radical (unpaired) electrons. The van der Waals surface area contributed by atoms with Crippen LogP contribution in [0.15, 0.2) is 58.2 Å². The van der Waals surface area contributed by atoms with E-state index in [1.165, 1.54) is 0 Å². The molecule has 0 amide bonds. The van der Waals surface area contributed by atoms with Gasteiger partial charge in [-0.05, 0) is 36.8 Å². The van der Waals surface area contributed by atoms with Gasteiger partial charge in [0, 0.05) is 22.3 Å². The first kappa shape index (κ1) is 17.7. The van der Waals surface area contributed by atoms with Crippen molar-refractivity contribution in [1.82, 2.24) is 14.8 Å². The molecule has 0 spiro atoms. The Balaban J connectivity index is 1.76. The number of benzene rings is 2. The van der Waals surface area contributed by atoms with Crippen LogP contribution in [-0.2, 0) is 12.3 Å². The lowest BCUT2D eigenvalue weighted by Gasteiger charge is -2.07. The summed E-state index contributed by atoms with van der Waals surface area (Å²) >= 11 is 5.03. The SMILES string of the molecule is CCn1c(SCc2ccc(C(=O)O)cc2)nnc1-c1ccc(Br)cc1. The van der Waals surface area contributed by atoms with Crippen LogP contribution in [0.1, 0.15) is 22.8 Å². The van der Waals surface area contributed by atoms with Crippen LogP contribution in [-0.4, -0.2) is 25.8 Å². The average Bonchev–Trinajstić information content (AvgIpc) is 3.04. The van der Waals surface area contributed by atoms with Crippen LogP contribution in [0.4, 0.5) is 0 Å². The van der Waals surface area contributed by atoms with E-state index in [1.807, 2.05) is 36.4 Å². The van der Waals surface area contributed by atoms with Crippen molar-refractivity contribution in [2.24, 2.45) is 0 Å². The number of nitrogens with zero attached hydrogens (tertiary/aromatic N) is 3. The van der Waals surface area contributed by atoms with E-state index in [-0.39, 0.29) is 0 Å². The maximum absolute atomic E-state index is 10.9. The molecular formula is C18H16BrN3O2S. The molecule has 2 aromatic carbocycles. The number of aromatic nitrogens is 3. The lowest BCUT2D eigenvalue weighted by Crippen LogP contribution is -2.00. The molecule has 0 saturated heterocycles. The van der Waals surface area contributed by atoms with Crippen molar-refractivity contribution in [3.63, 3.8) is 0 Å². The fraction of sp³-hybridized carbons (Fsp3) is 0.167. The van der Waals surface area contributed by atoms with E-state index in [9.17, 15) is 4.79 Å². The maximum Gasteiger partial charge on any atom is 0.335 e. The molecule has 0 aliphatic rings. The molecular weight excluding hydrogens is 402 g/mol. The molecule has 7 heteroatoms. The quantitative estimate of drug-likeness (QED) is 0.587. The van der Waals surface area contributed by atoms with Crippen LogP contribution in [0.3, 0.4) is 0 Å². The van der Waals surface area contributed by atoms with Crippen LogP contribution in [0.5, 0.6) is 0 Å². The number of rotatable bonds is 6. The van der Waals surface area contributed by atoms with Gasteiger partial charge in [0.15, 0.2) is 11.0 Å². The summed E-state index contributed by atoms with van der Waals surface area (Å²) < 4.78 is 3.11. The van der Waals surface area contributed by atoms with Gasteiger partial charge in [0.1, 0.15) is 0 Å². The highest BCUT2D eigenvalue weighted by atomic mass is 79.9. The highest BCUT2D eigenvalue weighted by molar-refractivity contribution is 9.10. The van der Waals surface area contributed by atoms with Gasteiger partial charge in [-0.2, -0.15) is 0 Å². The molecule has 128 valence electrons. The fourth-order valence-corrected chi connectivity index (χ4v) is 3.61. The maximum atomic E-state index is 10.9. The van der Waals surface area contributed by atoms with Gasteiger partial charge in [0.05, 0.1) is 5.56 Å². The van der Waals surface area contributed by atoms with E-state index in [1.54, 1.807) is 23.9 Å². The van der Waals surface area contributed by atoms with E-state index < -0.39 is 5.97 Å². The van der Waals surface area contributed by atoms with Gasteiger partial charge >= 0.3 is 5.97 Å². The second kappa shape index (κ2) is 7.84. The second-order valence-electron chi connectivity index (χ2n) is 5.35. The first-order valence-corrected chi connectivity index (χ1v) is 9.50. The summed E-state index contributed by atoms with van der Waals surface area (Å²) in [6.07, 6.45) is 0. The lowest BCUT2D eigenvalue weighted by atomic mass is 10.1. The van der Waals surface area contributed by atoms with Gasteiger partial charge in [-0.1, -0.05) is 52.0 Å². The number of carbonyl (C=O) groups is 1. The number of hydrogen-bond donors (Lipinski definition) is 1. The molecule has 0 aliphatic heterocycles. The van der Waals surface area contributed by atoms with Gasteiger partial charge in [-0.15, -0.1) is 10.2 Å². The molecule has 3 rings (SSSR count). The summed E-state index contributed by atoms with van der Waals surface area (Å²) in [5.41, 5.74) is 2.36. The van der Waals surface area contributed by atoms with Crippen molar-refractivity contribution in [3.05, 3.63) is 64.1 Å². The molecule has 0 bridgehead atoms. The number of halogens is 1. The van der Waals surface area contributed by atoms with Crippen molar-refractivity contribution in [3.8, 4) is 11.4 Å². The predicted molar refractivity (Wildman–Crippen MR) is 102 cm³/mol. The Morgan fingerprint density at radius 3 is 2.40 bits per heavy atom. The van der Waals surface area contributed by atoms with Crippen LogP contribution in [0.2, 0.25) is 0 Å². The monoisotopic (exact) mass is 417 g/mol. The summed E-state index contributed by atoms with van der Waals surface area (Å²) in [5, 5.41) is 18.5. The number of carboxylic acids is 1. The topological polar surface area (TPSA) is 68.0 Å².